The molecule has 3 rings (SSSR count). The van der Waals surface area contributed by atoms with Crippen molar-refractivity contribution < 1.29 is 9.15 Å². The van der Waals surface area contributed by atoms with Gasteiger partial charge >= 0.3 is 0 Å². The number of fused-ring (bicyclic) bond motifs is 1. The van der Waals surface area contributed by atoms with Crippen LogP contribution < -0.4 is 10.6 Å². The van der Waals surface area contributed by atoms with E-state index in [1.54, 1.807) is 20.4 Å². The highest BCUT2D eigenvalue weighted by atomic mass is 127. The number of methoxy groups -OCH3 is 1. The van der Waals surface area contributed by atoms with Crippen molar-refractivity contribution in [1.29, 1.82) is 0 Å². The molecule has 2 aromatic heterocycles. The number of guanidine groups is 1. The van der Waals surface area contributed by atoms with Crippen molar-refractivity contribution in [3.8, 4) is 0 Å². The Morgan fingerprint density at radius 3 is 2.86 bits per heavy atom. The van der Waals surface area contributed by atoms with Gasteiger partial charge < -0.3 is 19.8 Å². The Hall–Kier alpha value is -1.69. The first kappa shape index (κ1) is 22.6. The number of nitrogens with zero attached hydrogens (tertiary/aromatic N) is 5. The smallest absolute Gasteiger partial charge is 0.213 e. The maximum atomic E-state index is 5.81. The first-order valence-electron chi connectivity index (χ1n) is 9.23. The van der Waals surface area contributed by atoms with E-state index in [0.29, 0.717) is 19.0 Å². The van der Waals surface area contributed by atoms with Crippen LogP contribution in [0.25, 0.3) is 0 Å². The Labute approximate surface area is 182 Å². The van der Waals surface area contributed by atoms with Crippen LogP contribution in [0, 0.1) is 0 Å². The van der Waals surface area contributed by atoms with Crippen molar-refractivity contribution in [2.45, 2.75) is 64.8 Å². The number of ether oxygens (including phenoxy) is 1. The van der Waals surface area contributed by atoms with E-state index in [4.69, 9.17) is 9.15 Å². The second-order valence-corrected chi connectivity index (χ2v) is 7.73. The summed E-state index contributed by atoms with van der Waals surface area (Å²) in [6, 6.07) is 0.232. The molecule has 1 aliphatic heterocycles. The van der Waals surface area contributed by atoms with Gasteiger partial charge in [0, 0.05) is 32.0 Å². The quantitative estimate of drug-likeness (QED) is 0.366. The van der Waals surface area contributed by atoms with Crippen LogP contribution in [0.5, 0.6) is 0 Å². The molecule has 28 heavy (non-hydrogen) atoms. The molecule has 9 nitrogen and oxygen atoms in total. The number of oxazole rings is 1. The van der Waals surface area contributed by atoms with E-state index < -0.39 is 0 Å². The summed E-state index contributed by atoms with van der Waals surface area (Å²) in [5.41, 5.74) is -0.0511. The average molecular weight is 503 g/mol. The molecule has 0 saturated carbocycles. The fourth-order valence-electron chi connectivity index (χ4n) is 2.95. The van der Waals surface area contributed by atoms with Crippen molar-refractivity contribution in [3.05, 3.63) is 29.5 Å². The van der Waals surface area contributed by atoms with Crippen molar-refractivity contribution in [1.82, 2.24) is 30.4 Å². The Morgan fingerprint density at radius 1 is 1.43 bits per heavy atom. The third kappa shape index (κ3) is 5.66. The number of aromatic nitrogens is 4. The lowest BCUT2D eigenvalue weighted by atomic mass is 9.94. The first-order chi connectivity index (χ1) is 12.9. The minimum absolute atomic E-state index is 0. The van der Waals surface area contributed by atoms with Crippen molar-refractivity contribution in [2.24, 2.45) is 4.99 Å². The van der Waals surface area contributed by atoms with Crippen LogP contribution in [0.15, 0.2) is 15.6 Å². The van der Waals surface area contributed by atoms with Crippen LogP contribution in [-0.2, 0) is 36.3 Å². The van der Waals surface area contributed by atoms with Crippen molar-refractivity contribution in [2.75, 3.05) is 14.2 Å². The predicted molar refractivity (Wildman–Crippen MR) is 117 cm³/mol. The minimum atomic E-state index is -0.0511. The molecule has 0 amide bonds. The van der Waals surface area contributed by atoms with E-state index >= 15 is 0 Å². The zero-order valence-electron chi connectivity index (χ0n) is 17.2. The maximum absolute atomic E-state index is 5.81. The van der Waals surface area contributed by atoms with Crippen molar-refractivity contribution >= 4 is 29.9 Å². The number of halogens is 1. The SMILES string of the molecule is CN=C(NCc1ncc(C(C)(C)C)o1)NC1CCc2nc(COC)nn2C1.I. The molecule has 0 spiro atoms. The monoisotopic (exact) mass is 503 g/mol. The van der Waals surface area contributed by atoms with Gasteiger partial charge in [-0.05, 0) is 6.42 Å². The highest BCUT2D eigenvalue weighted by molar-refractivity contribution is 14.0. The van der Waals surface area contributed by atoms with Gasteiger partial charge in [-0.1, -0.05) is 20.8 Å². The van der Waals surface area contributed by atoms with Crippen LogP contribution in [-0.4, -0.2) is 45.9 Å². The number of nitrogens with one attached hydrogen (secondary N) is 2. The third-order valence-corrected chi connectivity index (χ3v) is 4.44. The molecule has 1 atom stereocenters. The van der Waals surface area contributed by atoms with Crippen molar-refractivity contribution in [3.63, 3.8) is 0 Å². The summed E-state index contributed by atoms with van der Waals surface area (Å²) < 4.78 is 12.9. The normalized spacial score (nSPS) is 17.0. The Morgan fingerprint density at radius 2 is 2.21 bits per heavy atom. The summed E-state index contributed by atoms with van der Waals surface area (Å²) in [5.74, 6) is 3.98. The molecule has 3 heterocycles. The molecule has 1 unspecified atom stereocenters. The molecule has 2 aromatic rings. The van der Waals surface area contributed by atoms with Gasteiger partial charge in [0.2, 0.25) is 5.89 Å². The van der Waals surface area contributed by atoms with Gasteiger partial charge in [-0.15, -0.1) is 24.0 Å². The van der Waals surface area contributed by atoms with Gasteiger partial charge in [-0.3, -0.25) is 4.99 Å². The standard InChI is InChI=1S/C18H29N7O2.HI/c1-18(2,3)13-8-20-16(27-13)9-21-17(19-4)22-12-6-7-15-23-14(11-26-5)24-25(15)10-12;/h8,12H,6-7,9-11H2,1-5H3,(H2,19,21,22);1H. The van der Waals surface area contributed by atoms with Gasteiger partial charge in [0.15, 0.2) is 11.8 Å². The van der Waals surface area contributed by atoms with Crippen LogP contribution >= 0.6 is 24.0 Å². The highest BCUT2D eigenvalue weighted by Gasteiger charge is 2.23. The van der Waals surface area contributed by atoms with Gasteiger partial charge in [-0.25, -0.2) is 14.6 Å². The maximum Gasteiger partial charge on any atom is 0.213 e. The van der Waals surface area contributed by atoms with Crippen LogP contribution in [0.4, 0.5) is 0 Å². The Balaban J connectivity index is 0.00000280. The van der Waals surface area contributed by atoms with E-state index in [-0.39, 0.29) is 35.4 Å². The molecule has 2 N–H and O–H groups in total. The molecular formula is C18H30IN7O2. The zero-order chi connectivity index (χ0) is 19.4. The second kappa shape index (κ2) is 9.68. The molecule has 10 heteroatoms. The van der Waals surface area contributed by atoms with E-state index in [1.807, 2.05) is 4.68 Å². The molecular weight excluding hydrogens is 473 g/mol. The fraction of sp³-hybridized carbons (Fsp3) is 0.667. The fourth-order valence-corrected chi connectivity index (χ4v) is 2.95. The average Bonchev–Trinajstić information content (AvgIpc) is 3.24. The van der Waals surface area contributed by atoms with Gasteiger partial charge in [0.1, 0.15) is 18.2 Å². The molecule has 0 bridgehead atoms. The number of aliphatic imine (C=N–C) groups is 1. The molecule has 156 valence electrons. The number of hydrogen-bond donors (Lipinski definition) is 2. The van der Waals surface area contributed by atoms with Gasteiger partial charge in [0.25, 0.3) is 0 Å². The lowest BCUT2D eigenvalue weighted by Gasteiger charge is -2.25. The zero-order valence-corrected chi connectivity index (χ0v) is 19.5. The van der Waals surface area contributed by atoms with E-state index in [9.17, 15) is 0 Å². The number of rotatable bonds is 5. The molecule has 1 aliphatic rings. The second-order valence-electron chi connectivity index (χ2n) is 7.73. The summed E-state index contributed by atoms with van der Waals surface area (Å²) in [6.45, 7) is 7.98. The lowest BCUT2D eigenvalue weighted by Crippen LogP contribution is -2.46. The first-order valence-corrected chi connectivity index (χ1v) is 9.23. The Kier molecular flexibility index (Phi) is 7.81. The van der Waals surface area contributed by atoms with Gasteiger partial charge in [-0.2, -0.15) is 5.10 Å². The molecule has 0 saturated heterocycles. The van der Waals surface area contributed by atoms with Crippen LogP contribution in [0.3, 0.4) is 0 Å². The minimum Gasteiger partial charge on any atom is -0.443 e. The highest BCUT2D eigenvalue weighted by Crippen LogP contribution is 2.22. The van der Waals surface area contributed by atoms with Crippen LogP contribution in [0.2, 0.25) is 0 Å². The van der Waals surface area contributed by atoms with Crippen LogP contribution in [0.1, 0.15) is 50.5 Å². The topological polar surface area (TPSA) is 102 Å². The molecule has 0 radical (unpaired) electrons. The summed E-state index contributed by atoms with van der Waals surface area (Å²) in [6.07, 6.45) is 3.64. The van der Waals surface area contributed by atoms with E-state index in [0.717, 1.165) is 42.8 Å². The Bertz CT molecular complexity index is 794. The molecule has 0 aromatic carbocycles. The van der Waals surface area contributed by atoms with E-state index in [2.05, 4.69) is 51.5 Å². The predicted octanol–water partition coefficient (Wildman–Crippen LogP) is 2.01. The van der Waals surface area contributed by atoms with Gasteiger partial charge in [0.05, 0.1) is 19.3 Å². The summed E-state index contributed by atoms with van der Waals surface area (Å²) >= 11 is 0. The summed E-state index contributed by atoms with van der Waals surface area (Å²) in [7, 11) is 3.41. The van der Waals surface area contributed by atoms with E-state index in [1.165, 1.54) is 0 Å². The number of aryl methyl sites for hydroxylation is 1. The number of hydrogen-bond acceptors (Lipinski definition) is 6. The lowest BCUT2D eigenvalue weighted by molar-refractivity contribution is 0.177. The largest absolute Gasteiger partial charge is 0.443 e. The third-order valence-electron chi connectivity index (χ3n) is 4.44. The molecule has 0 aliphatic carbocycles. The molecule has 0 fully saturated rings. The summed E-state index contributed by atoms with van der Waals surface area (Å²) in [4.78, 5) is 13.1. The summed E-state index contributed by atoms with van der Waals surface area (Å²) in [5, 5.41) is 11.2.